The highest BCUT2D eigenvalue weighted by Crippen LogP contribution is 2.30. The lowest BCUT2D eigenvalue weighted by Crippen LogP contribution is -2.27. The fraction of sp³-hybridized carbons (Fsp3) is 0.133. The molecule has 0 spiro atoms. The zero-order valence-corrected chi connectivity index (χ0v) is 12.1. The topological polar surface area (TPSA) is 84.6 Å². The van der Waals surface area contributed by atoms with Crippen molar-refractivity contribution in [1.82, 2.24) is 0 Å². The van der Waals surface area contributed by atoms with E-state index >= 15 is 0 Å². The third-order valence-electron chi connectivity index (χ3n) is 2.96. The average molecular weight is 307 g/mol. The number of primary amides is 1. The van der Waals surface area contributed by atoms with Crippen LogP contribution in [0.3, 0.4) is 0 Å². The van der Waals surface area contributed by atoms with E-state index in [1.54, 1.807) is 36.4 Å². The predicted molar refractivity (Wildman–Crippen MR) is 81.7 cm³/mol. The second-order valence-electron chi connectivity index (χ2n) is 4.42. The molecule has 6 heteroatoms. The summed E-state index contributed by atoms with van der Waals surface area (Å²) in [6, 6.07) is 10.8. The van der Waals surface area contributed by atoms with E-state index in [-0.39, 0.29) is 5.75 Å². The van der Waals surface area contributed by atoms with Crippen LogP contribution < -0.4 is 15.8 Å². The van der Waals surface area contributed by atoms with E-state index < -0.39 is 11.9 Å². The van der Waals surface area contributed by atoms with Crippen molar-refractivity contribution in [2.24, 2.45) is 5.73 Å². The molecule has 2 aromatic carbocycles. The van der Waals surface area contributed by atoms with Crippen molar-refractivity contribution in [3.8, 4) is 11.5 Å². The molecule has 1 amide bonds. The third kappa shape index (κ3) is 3.58. The van der Waals surface area contributed by atoms with E-state index in [2.05, 4.69) is 5.32 Å². The minimum absolute atomic E-state index is 0.0610. The van der Waals surface area contributed by atoms with Crippen LogP contribution in [-0.2, 0) is 4.79 Å². The molecule has 0 bridgehead atoms. The number of methoxy groups -OCH3 is 1. The number of hydrogen-bond donors (Lipinski definition) is 3. The molecule has 1 atom stereocenters. The van der Waals surface area contributed by atoms with Gasteiger partial charge in [-0.15, -0.1) is 0 Å². The van der Waals surface area contributed by atoms with Gasteiger partial charge in [0.15, 0.2) is 11.5 Å². The molecule has 0 saturated heterocycles. The zero-order chi connectivity index (χ0) is 15.4. The summed E-state index contributed by atoms with van der Waals surface area (Å²) in [6.07, 6.45) is 0. The highest BCUT2D eigenvalue weighted by Gasteiger charge is 2.19. The van der Waals surface area contributed by atoms with Gasteiger partial charge in [-0.2, -0.15) is 0 Å². The van der Waals surface area contributed by atoms with Crippen LogP contribution in [0.2, 0.25) is 5.02 Å². The highest BCUT2D eigenvalue weighted by atomic mass is 35.5. The Morgan fingerprint density at radius 1 is 1.33 bits per heavy atom. The molecule has 0 fully saturated rings. The molecule has 21 heavy (non-hydrogen) atoms. The predicted octanol–water partition coefficient (Wildman–Crippen LogP) is 2.69. The number of amides is 1. The van der Waals surface area contributed by atoms with Crippen LogP contribution in [0, 0.1) is 0 Å². The third-order valence-corrected chi connectivity index (χ3v) is 3.19. The van der Waals surface area contributed by atoms with E-state index in [9.17, 15) is 9.90 Å². The first-order valence-corrected chi connectivity index (χ1v) is 6.57. The normalized spacial score (nSPS) is 11.7. The van der Waals surface area contributed by atoms with Crippen LogP contribution in [-0.4, -0.2) is 18.1 Å². The second-order valence-corrected chi connectivity index (χ2v) is 4.86. The maximum Gasteiger partial charge on any atom is 0.244 e. The molecule has 4 N–H and O–H groups in total. The van der Waals surface area contributed by atoms with E-state index in [0.29, 0.717) is 22.0 Å². The summed E-state index contributed by atoms with van der Waals surface area (Å²) in [7, 11) is 1.45. The summed E-state index contributed by atoms with van der Waals surface area (Å²) in [6.45, 7) is 0. The smallest absolute Gasteiger partial charge is 0.244 e. The molecular weight excluding hydrogens is 292 g/mol. The Morgan fingerprint density at radius 2 is 2.10 bits per heavy atom. The number of rotatable bonds is 5. The van der Waals surface area contributed by atoms with Crippen molar-refractivity contribution in [1.29, 1.82) is 0 Å². The van der Waals surface area contributed by atoms with E-state index in [0.717, 1.165) is 0 Å². The number of phenolic OH excluding ortho intramolecular Hbond substituents is 1. The summed E-state index contributed by atoms with van der Waals surface area (Å²) in [5.74, 6) is -0.307. The largest absolute Gasteiger partial charge is 0.504 e. The Morgan fingerprint density at radius 3 is 2.67 bits per heavy atom. The number of carbonyl (C=O) groups is 1. The summed E-state index contributed by atoms with van der Waals surface area (Å²) in [4.78, 5) is 11.7. The number of nitrogens with two attached hydrogens (primary N) is 1. The average Bonchev–Trinajstić information content (AvgIpc) is 2.44. The first-order valence-electron chi connectivity index (χ1n) is 6.19. The molecule has 2 rings (SSSR count). The number of carbonyl (C=O) groups excluding carboxylic acids is 1. The molecule has 0 saturated carbocycles. The summed E-state index contributed by atoms with van der Waals surface area (Å²) in [5.41, 5.74) is 6.61. The van der Waals surface area contributed by atoms with Gasteiger partial charge in [0.05, 0.1) is 7.11 Å². The molecule has 2 aromatic rings. The Balaban J connectivity index is 2.31. The number of benzene rings is 2. The van der Waals surface area contributed by atoms with Crippen molar-refractivity contribution in [2.75, 3.05) is 12.4 Å². The molecule has 110 valence electrons. The van der Waals surface area contributed by atoms with Crippen LogP contribution >= 0.6 is 11.6 Å². The number of hydrogen-bond acceptors (Lipinski definition) is 4. The Bertz CT molecular complexity index is 661. The number of halogens is 1. The molecule has 1 unspecified atom stereocenters. The molecule has 0 aliphatic rings. The van der Waals surface area contributed by atoms with Crippen LogP contribution in [0.1, 0.15) is 11.6 Å². The van der Waals surface area contributed by atoms with Crippen LogP contribution in [0.25, 0.3) is 0 Å². The Labute approximate surface area is 127 Å². The monoisotopic (exact) mass is 306 g/mol. The minimum atomic E-state index is -0.791. The number of ether oxygens (including phenoxy) is 1. The zero-order valence-electron chi connectivity index (χ0n) is 11.3. The fourth-order valence-corrected chi connectivity index (χ4v) is 2.14. The maximum absolute atomic E-state index is 11.7. The van der Waals surface area contributed by atoms with Gasteiger partial charge in [-0.05, 0) is 35.9 Å². The Kier molecular flexibility index (Phi) is 4.55. The lowest BCUT2D eigenvalue weighted by atomic mass is 10.1. The first kappa shape index (κ1) is 15.0. The van der Waals surface area contributed by atoms with Gasteiger partial charge in [0, 0.05) is 10.7 Å². The molecule has 0 aliphatic heterocycles. The van der Waals surface area contributed by atoms with E-state index in [4.69, 9.17) is 22.1 Å². The van der Waals surface area contributed by atoms with Gasteiger partial charge in [-0.1, -0.05) is 23.7 Å². The molecule has 0 aromatic heterocycles. The molecule has 5 nitrogen and oxygen atoms in total. The lowest BCUT2D eigenvalue weighted by molar-refractivity contribution is -0.118. The maximum atomic E-state index is 11.7. The lowest BCUT2D eigenvalue weighted by Gasteiger charge is -2.18. The molecule has 0 heterocycles. The summed E-state index contributed by atoms with van der Waals surface area (Å²) in [5, 5.41) is 13.3. The number of aromatic hydroxyl groups is 1. The van der Waals surface area contributed by atoms with E-state index in [1.165, 1.54) is 13.2 Å². The summed E-state index contributed by atoms with van der Waals surface area (Å²) < 4.78 is 4.97. The van der Waals surface area contributed by atoms with Crippen molar-refractivity contribution in [3.63, 3.8) is 0 Å². The minimum Gasteiger partial charge on any atom is -0.504 e. The van der Waals surface area contributed by atoms with Gasteiger partial charge in [0.2, 0.25) is 5.91 Å². The van der Waals surface area contributed by atoms with Crippen LogP contribution in [0.15, 0.2) is 42.5 Å². The van der Waals surface area contributed by atoms with Gasteiger partial charge >= 0.3 is 0 Å². The number of phenols is 1. The molecule has 0 aliphatic carbocycles. The molecular formula is C15H15ClN2O3. The van der Waals surface area contributed by atoms with Crippen LogP contribution in [0.4, 0.5) is 5.69 Å². The second kappa shape index (κ2) is 6.37. The Hall–Kier alpha value is -2.40. The van der Waals surface area contributed by atoms with Gasteiger partial charge in [-0.25, -0.2) is 0 Å². The van der Waals surface area contributed by atoms with Crippen molar-refractivity contribution in [3.05, 3.63) is 53.1 Å². The van der Waals surface area contributed by atoms with Gasteiger partial charge in [0.25, 0.3) is 0 Å². The fourth-order valence-electron chi connectivity index (χ4n) is 1.95. The van der Waals surface area contributed by atoms with Gasteiger partial charge in [-0.3, -0.25) is 4.79 Å². The number of anilines is 1. The highest BCUT2D eigenvalue weighted by molar-refractivity contribution is 6.30. The van der Waals surface area contributed by atoms with Crippen molar-refractivity contribution < 1.29 is 14.6 Å². The van der Waals surface area contributed by atoms with Gasteiger partial charge < -0.3 is 20.9 Å². The summed E-state index contributed by atoms with van der Waals surface area (Å²) >= 11 is 5.91. The van der Waals surface area contributed by atoms with Crippen molar-refractivity contribution >= 4 is 23.2 Å². The van der Waals surface area contributed by atoms with E-state index in [1.807, 2.05) is 0 Å². The van der Waals surface area contributed by atoms with Crippen LogP contribution in [0.5, 0.6) is 11.5 Å². The SMILES string of the molecule is COc1ccc(C(Nc2cccc(Cl)c2)C(N)=O)cc1O. The quantitative estimate of drug-likeness (QED) is 0.793. The van der Waals surface area contributed by atoms with Gasteiger partial charge in [0.1, 0.15) is 6.04 Å². The molecule has 0 radical (unpaired) electrons. The standard InChI is InChI=1S/C15H15ClN2O3/c1-21-13-6-5-9(7-12(13)19)14(15(17)20)18-11-4-2-3-10(16)8-11/h2-8,14,18-19H,1H3,(H2,17,20). The van der Waals surface area contributed by atoms with Crippen molar-refractivity contribution in [2.45, 2.75) is 6.04 Å². The first-order chi connectivity index (χ1) is 10.0. The number of nitrogens with one attached hydrogen (secondary N) is 1.